The summed E-state index contributed by atoms with van der Waals surface area (Å²) >= 11 is 0. The molecular formula is C19H13F6N4O2Pt-. The number of halogens is 6. The van der Waals surface area contributed by atoms with Gasteiger partial charge in [-0.05, 0) is 43.9 Å². The number of aromatic carboxylic acids is 1. The second-order valence-electron chi connectivity index (χ2n) is 6.99. The number of nitrogens with zero attached hydrogens (tertiary/aromatic N) is 4. The second-order valence-corrected chi connectivity index (χ2v) is 6.99. The number of carboxylic acid groups (broad SMARTS) is 1. The van der Waals surface area contributed by atoms with E-state index in [4.69, 9.17) is 5.11 Å². The van der Waals surface area contributed by atoms with Gasteiger partial charge in [0.15, 0.2) is 0 Å². The molecule has 3 heterocycles. The first-order chi connectivity index (χ1) is 14.2. The molecule has 0 unspecified atom stereocenters. The number of aromatic nitrogens is 4. The van der Waals surface area contributed by atoms with Crippen LogP contribution in [0.25, 0.3) is 11.5 Å². The smallest absolute Gasteiger partial charge is 0.412 e. The molecule has 3 aromatic rings. The van der Waals surface area contributed by atoms with Crippen molar-refractivity contribution in [3.8, 4) is 11.5 Å². The first-order valence-electron chi connectivity index (χ1n) is 8.59. The van der Waals surface area contributed by atoms with Crippen molar-refractivity contribution in [2.75, 3.05) is 0 Å². The van der Waals surface area contributed by atoms with Crippen molar-refractivity contribution >= 4 is 5.97 Å². The summed E-state index contributed by atoms with van der Waals surface area (Å²) in [6.07, 6.45) is -10.7. The van der Waals surface area contributed by atoms with Gasteiger partial charge in [0.25, 0.3) is 0 Å². The van der Waals surface area contributed by atoms with E-state index in [9.17, 15) is 31.1 Å². The topological polar surface area (TPSA) is 90.1 Å². The van der Waals surface area contributed by atoms with Gasteiger partial charge < -0.3 is 15.1 Å². The standard InChI is InChI=1S/C19H14F6N4O2.Pt/c1-17(2,12-8-4-6-10(27-12)16(30)31)11-7-3-5-9(26-11)15-28-13(18(20,21)22)14(29-15)19(23,24)25;/h3-8H,1-2H3,(H2,26,28,29,30,31);/p-1. The molecule has 0 radical (unpaired) electrons. The third-order valence-corrected chi connectivity index (χ3v) is 4.42. The zero-order valence-corrected chi connectivity index (χ0v) is 18.5. The first-order valence-corrected chi connectivity index (χ1v) is 8.59. The van der Waals surface area contributed by atoms with E-state index in [1.807, 2.05) is 0 Å². The summed E-state index contributed by atoms with van der Waals surface area (Å²) in [5, 5.41) is 9.12. The molecule has 0 saturated carbocycles. The van der Waals surface area contributed by atoms with E-state index in [-0.39, 0.29) is 43.8 Å². The number of carboxylic acids is 1. The maximum absolute atomic E-state index is 13.0. The number of carbonyl (C=O) groups is 1. The van der Waals surface area contributed by atoms with Crippen molar-refractivity contribution in [1.29, 1.82) is 0 Å². The fraction of sp³-hybridized carbons (Fsp3) is 0.263. The molecule has 3 aromatic heterocycles. The summed E-state index contributed by atoms with van der Waals surface area (Å²) in [7, 11) is 0. The molecule has 0 fully saturated rings. The molecule has 174 valence electrons. The fourth-order valence-electron chi connectivity index (χ4n) is 2.79. The SMILES string of the molecule is CC(C)(c1cccc(C(=O)O)n1)c1cccc(-c2nc(C(F)(F)F)c(C(F)(F)F)[n-]2)n1.[Pt]. The number of hydrogen-bond acceptors (Lipinski definition) is 4. The summed E-state index contributed by atoms with van der Waals surface area (Å²) in [4.78, 5) is 25.4. The second kappa shape index (κ2) is 8.65. The van der Waals surface area contributed by atoms with Crippen molar-refractivity contribution in [3.05, 3.63) is 64.9 Å². The zero-order valence-electron chi connectivity index (χ0n) is 16.2. The molecule has 6 nitrogen and oxygen atoms in total. The molecule has 1 N–H and O–H groups in total. The van der Waals surface area contributed by atoms with E-state index >= 15 is 0 Å². The van der Waals surface area contributed by atoms with E-state index in [2.05, 4.69) is 19.9 Å². The van der Waals surface area contributed by atoms with Crippen LogP contribution in [0.15, 0.2) is 36.4 Å². The molecule has 0 amide bonds. The van der Waals surface area contributed by atoms with Crippen LogP contribution in [-0.2, 0) is 38.8 Å². The Hall–Kier alpha value is -2.75. The molecule has 0 aromatic carbocycles. The average Bonchev–Trinajstić information content (AvgIpc) is 3.15. The predicted octanol–water partition coefficient (Wildman–Crippen LogP) is 4.56. The maximum Gasteiger partial charge on any atom is 0.412 e. The van der Waals surface area contributed by atoms with Crippen LogP contribution in [-0.4, -0.2) is 26.0 Å². The van der Waals surface area contributed by atoms with Crippen LogP contribution in [0, 0.1) is 0 Å². The Morgan fingerprint density at radius 3 is 1.94 bits per heavy atom. The van der Waals surface area contributed by atoms with Crippen LogP contribution in [0.1, 0.15) is 47.1 Å². The summed E-state index contributed by atoms with van der Waals surface area (Å²) in [6.45, 7) is 3.25. The number of rotatable bonds is 4. The molecule has 3 rings (SSSR count). The van der Waals surface area contributed by atoms with Crippen LogP contribution in [0.2, 0.25) is 0 Å². The van der Waals surface area contributed by atoms with Gasteiger partial charge in [0, 0.05) is 37.9 Å². The average molecular weight is 638 g/mol. The quantitative estimate of drug-likeness (QED) is 0.422. The minimum absolute atomic E-state index is 0. The summed E-state index contributed by atoms with van der Waals surface area (Å²) in [5.74, 6) is -2.09. The Bertz CT molecular complexity index is 1110. The largest absolute Gasteiger partial charge is 0.477 e. The Morgan fingerprint density at radius 2 is 1.44 bits per heavy atom. The van der Waals surface area contributed by atoms with Crippen LogP contribution in [0.3, 0.4) is 0 Å². The Morgan fingerprint density at radius 1 is 0.875 bits per heavy atom. The molecule has 0 aliphatic carbocycles. The minimum atomic E-state index is -5.35. The number of pyridine rings is 2. The fourth-order valence-corrected chi connectivity index (χ4v) is 2.79. The van der Waals surface area contributed by atoms with Gasteiger partial charge in [-0.25, -0.2) is 9.78 Å². The van der Waals surface area contributed by atoms with Gasteiger partial charge in [-0.15, -0.1) is 0 Å². The zero-order chi connectivity index (χ0) is 23.2. The van der Waals surface area contributed by atoms with Crippen molar-refractivity contribution in [2.24, 2.45) is 0 Å². The third-order valence-electron chi connectivity index (χ3n) is 4.42. The van der Waals surface area contributed by atoms with Crippen molar-refractivity contribution in [2.45, 2.75) is 31.6 Å². The normalized spacial score (nSPS) is 12.4. The van der Waals surface area contributed by atoms with Gasteiger partial charge >= 0.3 is 18.3 Å². The minimum Gasteiger partial charge on any atom is -0.477 e. The number of alkyl halides is 6. The molecule has 0 atom stereocenters. The molecule has 0 aliphatic rings. The predicted molar refractivity (Wildman–Crippen MR) is 94.1 cm³/mol. The monoisotopic (exact) mass is 638 g/mol. The summed E-state index contributed by atoms with van der Waals surface area (Å²) < 4.78 is 78.1. The Balaban J connectivity index is 0.00000363. The molecule has 13 heteroatoms. The molecule has 0 spiro atoms. The van der Waals surface area contributed by atoms with Crippen LogP contribution in [0.5, 0.6) is 0 Å². The number of imidazole rings is 1. The number of hydrogen-bond donors (Lipinski definition) is 1. The maximum atomic E-state index is 13.0. The molecule has 32 heavy (non-hydrogen) atoms. The van der Waals surface area contributed by atoms with Gasteiger partial charge in [0.2, 0.25) is 0 Å². The Labute approximate surface area is 191 Å². The van der Waals surface area contributed by atoms with Crippen molar-refractivity contribution in [3.63, 3.8) is 0 Å². The van der Waals surface area contributed by atoms with Gasteiger partial charge in [-0.2, -0.15) is 26.3 Å². The summed E-state index contributed by atoms with van der Waals surface area (Å²) in [5.41, 5.74) is -5.35. The van der Waals surface area contributed by atoms with Gasteiger partial charge in [0.1, 0.15) is 5.69 Å². The van der Waals surface area contributed by atoms with Crippen LogP contribution >= 0.6 is 0 Å². The van der Waals surface area contributed by atoms with E-state index in [1.165, 1.54) is 36.4 Å². The first kappa shape index (κ1) is 25.5. The van der Waals surface area contributed by atoms with Gasteiger partial charge in [0.05, 0.1) is 17.1 Å². The van der Waals surface area contributed by atoms with Gasteiger partial charge in [-0.3, -0.25) is 4.98 Å². The van der Waals surface area contributed by atoms with E-state index in [0.717, 1.165) is 0 Å². The van der Waals surface area contributed by atoms with Crippen molar-refractivity contribution in [1.82, 2.24) is 19.9 Å². The van der Waals surface area contributed by atoms with Crippen molar-refractivity contribution < 1.29 is 57.3 Å². The molecule has 0 aliphatic heterocycles. The third kappa shape index (κ3) is 5.00. The van der Waals surface area contributed by atoms with E-state index in [0.29, 0.717) is 0 Å². The molecular weight excluding hydrogens is 625 g/mol. The molecule has 0 bridgehead atoms. The van der Waals surface area contributed by atoms with Crippen LogP contribution < -0.4 is 4.98 Å². The Kier molecular flexibility index (Phi) is 6.89. The van der Waals surface area contributed by atoms with E-state index in [1.54, 1.807) is 13.8 Å². The van der Waals surface area contributed by atoms with E-state index < -0.39 is 40.9 Å². The van der Waals surface area contributed by atoms with Gasteiger partial charge in [-0.1, -0.05) is 12.1 Å². The molecule has 0 saturated heterocycles. The summed E-state index contributed by atoms with van der Waals surface area (Å²) in [6, 6.07) is 8.30. The van der Waals surface area contributed by atoms with Crippen LogP contribution in [0.4, 0.5) is 26.3 Å².